The van der Waals surface area contributed by atoms with Gasteiger partial charge < -0.3 is 5.32 Å². The van der Waals surface area contributed by atoms with Crippen LogP contribution in [0, 0.1) is 0 Å². The van der Waals surface area contributed by atoms with Gasteiger partial charge >= 0.3 is 0 Å². The Bertz CT molecular complexity index is 503. The Morgan fingerprint density at radius 1 is 1.50 bits per heavy atom. The summed E-state index contributed by atoms with van der Waals surface area (Å²) in [5.41, 5.74) is 1.07. The average Bonchev–Trinajstić information content (AvgIpc) is 2.86. The molecule has 0 saturated carbocycles. The smallest absolute Gasteiger partial charge is 0.0954 e. The number of hydrogen-bond donors (Lipinski definition) is 1. The summed E-state index contributed by atoms with van der Waals surface area (Å²) in [6.45, 7) is 1.15. The Labute approximate surface area is 104 Å². The summed E-state index contributed by atoms with van der Waals surface area (Å²) in [5, 5.41) is 5.51. The minimum Gasteiger partial charge on any atom is -0.314 e. The van der Waals surface area contributed by atoms with Crippen molar-refractivity contribution in [1.82, 2.24) is 10.3 Å². The first-order valence-corrected chi connectivity index (χ1v) is 6.79. The lowest BCUT2D eigenvalue weighted by Gasteiger charge is -2.05. The van der Waals surface area contributed by atoms with Crippen molar-refractivity contribution in [3.05, 3.63) is 28.2 Å². The van der Waals surface area contributed by atoms with Crippen molar-refractivity contribution in [3.63, 3.8) is 0 Å². The van der Waals surface area contributed by atoms with Gasteiger partial charge in [0.15, 0.2) is 0 Å². The topological polar surface area (TPSA) is 24.9 Å². The maximum absolute atomic E-state index is 5.96. The molecule has 1 aromatic carbocycles. The molecule has 2 aromatic rings. The molecule has 0 aliphatic carbocycles. The molecule has 16 heavy (non-hydrogen) atoms. The highest BCUT2D eigenvalue weighted by Crippen LogP contribution is 2.26. The maximum Gasteiger partial charge on any atom is 0.0954 e. The zero-order valence-corrected chi connectivity index (χ0v) is 10.4. The van der Waals surface area contributed by atoms with E-state index in [1.165, 1.54) is 22.5 Å². The molecule has 1 aliphatic rings. The minimum absolute atomic E-state index is 0.621. The number of rotatable bonds is 2. The van der Waals surface area contributed by atoms with Crippen molar-refractivity contribution < 1.29 is 0 Å². The van der Waals surface area contributed by atoms with Crippen molar-refractivity contribution in [2.45, 2.75) is 25.3 Å². The predicted molar refractivity (Wildman–Crippen MR) is 69.4 cm³/mol. The molecule has 0 amide bonds. The zero-order valence-electron chi connectivity index (χ0n) is 8.87. The molecule has 1 unspecified atom stereocenters. The van der Waals surface area contributed by atoms with E-state index in [-0.39, 0.29) is 0 Å². The lowest BCUT2D eigenvalue weighted by atomic mass is 10.2. The van der Waals surface area contributed by atoms with E-state index in [1.54, 1.807) is 11.3 Å². The summed E-state index contributed by atoms with van der Waals surface area (Å²) in [5.74, 6) is 0. The third kappa shape index (κ3) is 2.08. The Balaban J connectivity index is 1.86. The minimum atomic E-state index is 0.621. The van der Waals surface area contributed by atoms with Gasteiger partial charge in [0, 0.05) is 17.5 Å². The van der Waals surface area contributed by atoms with E-state index in [1.807, 2.05) is 18.2 Å². The van der Waals surface area contributed by atoms with E-state index >= 15 is 0 Å². The van der Waals surface area contributed by atoms with Gasteiger partial charge in [0.05, 0.1) is 15.2 Å². The van der Waals surface area contributed by atoms with Crippen LogP contribution < -0.4 is 5.32 Å². The van der Waals surface area contributed by atoms with Gasteiger partial charge in [-0.2, -0.15) is 0 Å². The molecule has 1 aliphatic heterocycles. The Morgan fingerprint density at radius 3 is 3.25 bits per heavy atom. The van der Waals surface area contributed by atoms with Gasteiger partial charge in [0.2, 0.25) is 0 Å². The largest absolute Gasteiger partial charge is 0.314 e. The second-order valence-corrected chi connectivity index (χ2v) is 5.77. The highest BCUT2D eigenvalue weighted by atomic mass is 35.5. The molecule has 0 spiro atoms. The summed E-state index contributed by atoms with van der Waals surface area (Å²) >= 11 is 7.73. The summed E-state index contributed by atoms with van der Waals surface area (Å²) < 4.78 is 1.19. The molecule has 1 atom stereocenters. The number of aromatic nitrogens is 1. The fourth-order valence-corrected chi connectivity index (χ4v) is 3.50. The number of benzene rings is 1. The highest BCUT2D eigenvalue weighted by molar-refractivity contribution is 7.18. The number of hydrogen-bond acceptors (Lipinski definition) is 3. The van der Waals surface area contributed by atoms with Crippen molar-refractivity contribution in [3.8, 4) is 0 Å². The van der Waals surface area contributed by atoms with Gasteiger partial charge in [-0.15, -0.1) is 11.3 Å². The maximum atomic E-state index is 5.96. The number of nitrogens with zero attached hydrogens (tertiary/aromatic N) is 1. The van der Waals surface area contributed by atoms with Crippen LogP contribution >= 0.6 is 22.9 Å². The molecule has 1 aromatic heterocycles. The molecule has 1 fully saturated rings. The molecule has 84 valence electrons. The van der Waals surface area contributed by atoms with Crippen LogP contribution in [0.4, 0.5) is 0 Å². The fraction of sp³-hybridized carbons (Fsp3) is 0.417. The SMILES string of the molecule is Clc1ccc2nc(CC3CCCN3)sc2c1. The lowest BCUT2D eigenvalue weighted by Crippen LogP contribution is -2.23. The molecule has 3 rings (SSSR count). The van der Waals surface area contributed by atoms with Crippen LogP contribution in [0.15, 0.2) is 18.2 Å². The van der Waals surface area contributed by atoms with Crippen LogP contribution in [0.1, 0.15) is 17.8 Å². The molecule has 4 heteroatoms. The summed E-state index contributed by atoms with van der Waals surface area (Å²) in [4.78, 5) is 4.64. The molecule has 0 radical (unpaired) electrons. The van der Waals surface area contributed by atoms with E-state index in [4.69, 9.17) is 11.6 Å². The number of halogens is 1. The highest BCUT2D eigenvalue weighted by Gasteiger charge is 2.16. The Kier molecular flexibility index (Phi) is 2.84. The number of fused-ring (bicyclic) bond motifs is 1. The Hall–Kier alpha value is -0.640. The third-order valence-corrected chi connectivity index (χ3v) is 4.25. The van der Waals surface area contributed by atoms with E-state index < -0.39 is 0 Å². The first kappa shape index (κ1) is 10.5. The van der Waals surface area contributed by atoms with Gasteiger partial charge in [-0.3, -0.25) is 0 Å². The van der Waals surface area contributed by atoms with Crippen molar-refractivity contribution in [2.24, 2.45) is 0 Å². The summed E-state index contributed by atoms with van der Waals surface area (Å²) in [6, 6.07) is 6.53. The van der Waals surface area contributed by atoms with Crippen molar-refractivity contribution >= 4 is 33.2 Å². The lowest BCUT2D eigenvalue weighted by molar-refractivity contribution is 0.602. The second-order valence-electron chi connectivity index (χ2n) is 4.22. The Morgan fingerprint density at radius 2 is 2.44 bits per heavy atom. The number of thiazole rings is 1. The van der Waals surface area contributed by atoms with Gasteiger partial charge in [-0.05, 0) is 37.6 Å². The van der Waals surface area contributed by atoms with Gasteiger partial charge in [-0.25, -0.2) is 4.98 Å². The van der Waals surface area contributed by atoms with Crippen molar-refractivity contribution in [2.75, 3.05) is 6.54 Å². The fourth-order valence-electron chi connectivity index (χ4n) is 2.18. The first-order valence-electron chi connectivity index (χ1n) is 5.59. The molecule has 1 N–H and O–H groups in total. The van der Waals surface area contributed by atoms with E-state index in [9.17, 15) is 0 Å². The van der Waals surface area contributed by atoms with Crippen LogP contribution in [0.3, 0.4) is 0 Å². The molecule has 1 saturated heterocycles. The van der Waals surface area contributed by atoms with Crippen LogP contribution in [0.25, 0.3) is 10.2 Å². The normalized spacial score (nSPS) is 20.7. The van der Waals surface area contributed by atoms with E-state index in [0.29, 0.717) is 6.04 Å². The molecule has 0 bridgehead atoms. The molecular formula is C12H13ClN2S. The van der Waals surface area contributed by atoms with Gasteiger partial charge in [0.25, 0.3) is 0 Å². The monoisotopic (exact) mass is 252 g/mol. The van der Waals surface area contributed by atoms with Gasteiger partial charge in [-0.1, -0.05) is 11.6 Å². The van der Waals surface area contributed by atoms with E-state index in [2.05, 4.69) is 10.3 Å². The van der Waals surface area contributed by atoms with Crippen LogP contribution in [0.2, 0.25) is 5.02 Å². The van der Waals surface area contributed by atoms with E-state index in [0.717, 1.165) is 23.5 Å². The van der Waals surface area contributed by atoms with Crippen LogP contribution in [-0.2, 0) is 6.42 Å². The molecule has 2 nitrogen and oxygen atoms in total. The van der Waals surface area contributed by atoms with Gasteiger partial charge in [0.1, 0.15) is 0 Å². The quantitative estimate of drug-likeness (QED) is 0.888. The number of nitrogens with one attached hydrogen (secondary N) is 1. The third-order valence-electron chi connectivity index (χ3n) is 2.98. The van der Waals surface area contributed by atoms with Crippen molar-refractivity contribution in [1.29, 1.82) is 0 Å². The second kappa shape index (κ2) is 4.32. The molecule has 2 heterocycles. The summed E-state index contributed by atoms with van der Waals surface area (Å²) in [7, 11) is 0. The summed E-state index contributed by atoms with van der Waals surface area (Å²) in [6.07, 6.45) is 3.62. The predicted octanol–water partition coefficient (Wildman–Crippen LogP) is 3.24. The first-order chi connectivity index (χ1) is 7.81. The van der Waals surface area contributed by atoms with Crippen LogP contribution in [0.5, 0.6) is 0 Å². The average molecular weight is 253 g/mol. The molecular weight excluding hydrogens is 240 g/mol. The zero-order chi connectivity index (χ0) is 11.0. The standard InChI is InChI=1S/C12H13ClN2S/c13-8-3-4-10-11(6-8)16-12(15-10)7-9-2-1-5-14-9/h3-4,6,9,14H,1-2,5,7H2. The van der Waals surface area contributed by atoms with Crippen LogP contribution in [-0.4, -0.2) is 17.6 Å².